The number of rotatable bonds is 12. The summed E-state index contributed by atoms with van der Waals surface area (Å²) in [6.45, 7) is 0.679. The van der Waals surface area contributed by atoms with Crippen molar-refractivity contribution in [3.8, 4) is 5.75 Å². The third-order valence-electron chi connectivity index (χ3n) is 7.85. The molecule has 0 saturated carbocycles. The number of hydrogen-bond donors (Lipinski definition) is 0. The fourth-order valence-electron chi connectivity index (χ4n) is 5.84. The molecule has 2 nitrogen and oxygen atoms in total. The van der Waals surface area contributed by atoms with Crippen molar-refractivity contribution >= 4 is 40.2 Å². The molecule has 6 rings (SSSR count). The molecule has 6 aromatic rings. The Labute approximate surface area is 256 Å². The van der Waals surface area contributed by atoms with Gasteiger partial charge in [0.2, 0.25) is 0 Å². The molecule has 0 spiro atoms. The van der Waals surface area contributed by atoms with Gasteiger partial charge in [-0.3, -0.25) is 0 Å². The Morgan fingerprint density at radius 1 is 0.419 bits per heavy atom. The first-order valence-electron chi connectivity index (χ1n) is 15.0. The lowest BCUT2D eigenvalue weighted by Crippen LogP contribution is -2.33. The van der Waals surface area contributed by atoms with Crippen molar-refractivity contribution in [3.63, 3.8) is 0 Å². The molecule has 0 atom stereocenters. The van der Waals surface area contributed by atoms with Crippen LogP contribution in [0.4, 0.5) is 17.1 Å². The van der Waals surface area contributed by atoms with Gasteiger partial charge < -0.3 is 9.64 Å². The molecule has 0 saturated heterocycles. The van der Waals surface area contributed by atoms with Crippen molar-refractivity contribution in [2.75, 3.05) is 17.7 Å². The molecule has 0 N–H and O–H groups in total. The molecule has 6 aromatic carbocycles. The van der Waals surface area contributed by atoms with Crippen LogP contribution in [0.15, 0.2) is 176 Å². The summed E-state index contributed by atoms with van der Waals surface area (Å²) < 4.78 is 6.39. The van der Waals surface area contributed by atoms with Crippen LogP contribution in [0.2, 0.25) is 0 Å². The van der Waals surface area contributed by atoms with E-state index in [0.717, 1.165) is 41.8 Å². The quantitative estimate of drug-likeness (QED) is 0.106. The first-order chi connectivity index (χ1) is 21.3. The molecule has 0 bridgehead atoms. The summed E-state index contributed by atoms with van der Waals surface area (Å²) in [6, 6.07) is 62.8. The number of nitrogens with zero attached hydrogens (tertiary/aromatic N) is 1. The fraction of sp³-hybridized carbons (Fsp3) is 0.100. The molecule has 43 heavy (non-hydrogen) atoms. The zero-order chi connectivity index (χ0) is 29.2. The molecule has 0 fully saturated rings. The second-order valence-electron chi connectivity index (χ2n) is 10.6. The second-order valence-corrected chi connectivity index (χ2v) is 14.2. The van der Waals surface area contributed by atoms with E-state index in [4.69, 9.17) is 4.74 Å². The maximum absolute atomic E-state index is 6.39. The SMILES string of the molecule is c1ccc(N(c2ccccc2)c2cccc(OCCCC[P+](c3ccccc3)(c3ccccc3)c3ccccc3)c2)cc1. The average Bonchev–Trinajstić information content (AvgIpc) is 3.09. The van der Waals surface area contributed by atoms with Gasteiger partial charge in [0, 0.05) is 23.1 Å². The van der Waals surface area contributed by atoms with Crippen LogP contribution < -0.4 is 25.6 Å². The molecule has 0 radical (unpaired) electrons. The van der Waals surface area contributed by atoms with Crippen LogP contribution in [-0.4, -0.2) is 12.8 Å². The lowest BCUT2D eigenvalue weighted by atomic mass is 10.2. The third-order valence-corrected chi connectivity index (χ3v) is 12.4. The Bertz CT molecular complexity index is 1540. The van der Waals surface area contributed by atoms with Gasteiger partial charge in [-0.1, -0.05) is 97.1 Å². The van der Waals surface area contributed by atoms with Crippen molar-refractivity contribution < 1.29 is 4.74 Å². The van der Waals surface area contributed by atoms with Gasteiger partial charge in [0.1, 0.15) is 28.9 Å². The van der Waals surface area contributed by atoms with Crippen molar-refractivity contribution in [1.82, 2.24) is 0 Å². The largest absolute Gasteiger partial charge is 0.494 e. The lowest BCUT2D eigenvalue weighted by molar-refractivity contribution is 0.310. The summed E-state index contributed by atoms with van der Waals surface area (Å²) in [7, 11) is -1.82. The normalized spacial score (nSPS) is 11.2. The van der Waals surface area contributed by atoms with E-state index < -0.39 is 7.26 Å². The van der Waals surface area contributed by atoms with Gasteiger partial charge in [0.25, 0.3) is 0 Å². The summed E-state index contributed by atoms with van der Waals surface area (Å²) in [6.07, 6.45) is 3.16. The number of hydrogen-bond acceptors (Lipinski definition) is 2. The maximum atomic E-state index is 6.39. The topological polar surface area (TPSA) is 12.5 Å². The number of ether oxygens (including phenoxy) is 1. The van der Waals surface area contributed by atoms with Crippen molar-refractivity contribution in [1.29, 1.82) is 0 Å². The van der Waals surface area contributed by atoms with Gasteiger partial charge in [-0.25, -0.2) is 0 Å². The maximum Gasteiger partial charge on any atom is 0.121 e. The molecule has 0 heterocycles. The molecule has 212 valence electrons. The van der Waals surface area contributed by atoms with Crippen molar-refractivity contribution in [3.05, 3.63) is 176 Å². The van der Waals surface area contributed by atoms with Gasteiger partial charge in [0.15, 0.2) is 0 Å². The zero-order valence-electron chi connectivity index (χ0n) is 24.4. The first kappa shape index (κ1) is 28.5. The van der Waals surface area contributed by atoms with Gasteiger partial charge in [-0.05, 0) is 85.6 Å². The highest BCUT2D eigenvalue weighted by Crippen LogP contribution is 2.55. The minimum Gasteiger partial charge on any atom is -0.494 e. The first-order valence-corrected chi connectivity index (χ1v) is 17.0. The molecule has 0 aliphatic carbocycles. The summed E-state index contributed by atoms with van der Waals surface area (Å²) in [5.41, 5.74) is 3.32. The molecular weight excluding hydrogens is 541 g/mol. The van der Waals surface area contributed by atoms with E-state index in [2.05, 4.69) is 181 Å². The predicted molar refractivity (Wildman–Crippen MR) is 186 cm³/mol. The Kier molecular flexibility index (Phi) is 9.28. The number of para-hydroxylation sites is 2. The van der Waals surface area contributed by atoms with E-state index in [1.165, 1.54) is 15.9 Å². The summed E-state index contributed by atoms with van der Waals surface area (Å²) in [5, 5.41) is 4.30. The molecule has 0 unspecified atom stereocenters. The van der Waals surface area contributed by atoms with Gasteiger partial charge in [0.05, 0.1) is 12.8 Å². The van der Waals surface area contributed by atoms with Crippen LogP contribution in [0, 0.1) is 0 Å². The van der Waals surface area contributed by atoms with Gasteiger partial charge >= 0.3 is 0 Å². The minimum atomic E-state index is -1.82. The van der Waals surface area contributed by atoms with Crippen LogP contribution in [-0.2, 0) is 0 Å². The number of benzene rings is 6. The van der Waals surface area contributed by atoms with Gasteiger partial charge in [-0.15, -0.1) is 0 Å². The number of anilines is 3. The van der Waals surface area contributed by atoms with Crippen molar-refractivity contribution in [2.24, 2.45) is 0 Å². The second kappa shape index (κ2) is 14.0. The van der Waals surface area contributed by atoms with E-state index in [0.29, 0.717) is 6.61 Å². The van der Waals surface area contributed by atoms with Gasteiger partial charge in [-0.2, -0.15) is 0 Å². The smallest absolute Gasteiger partial charge is 0.121 e. The van der Waals surface area contributed by atoms with E-state index in [1.54, 1.807) is 0 Å². The minimum absolute atomic E-state index is 0.679. The predicted octanol–water partition coefficient (Wildman–Crippen LogP) is 9.31. The van der Waals surface area contributed by atoms with E-state index in [1.807, 2.05) is 0 Å². The lowest BCUT2D eigenvalue weighted by Gasteiger charge is -2.27. The van der Waals surface area contributed by atoms with E-state index >= 15 is 0 Å². The van der Waals surface area contributed by atoms with E-state index in [-0.39, 0.29) is 0 Å². The monoisotopic (exact) mass is 578 g/mol. The van der Waals surface area contributed by atoms with Crippen LogP contribution in [0.3, 0.4) is 0 Å². The molecule has 0 aromatic heterocycles. The zero-order valence-corrected chi connectivity index (χ0v) is 25.3. The Balaban J connectivity index is 1.20. The summed E-state index contributed by atoms with van der Waals surface area (Å²) in [4.78, 5) is 2.27. The average molecular weight is 579 g/mol. The van der Waals surface area contributed by atoms with Crippen molar-refractivity contribution in [2.45, 2.75) is 12.8 Å². The highest BCUT2D eigenvalue weighted by atomic mass is 31.2. The van der Waals surface area contributed by atoms with Crippen LogP contribution in [0.1, 0.15) is 12.8 Å². The molecule has 3 heteroatoms. The highest BCUT2D eigenvalue weighted by Gasteiger charge is 2.44. The van der Waals surface area contributed by atoms with E-state index in [9.17, 15) is 0 Å². The Morgan fingerprint density at radius 2 is 0.837 bits per heavy atom. The molecule has 0 amide bonds. The number of unbranched alkanes of at least 4 members (excludes halogenated alkanes) is 1. The summed E-state index contributed by atoms with van der Waals surface area (Å²) in [5.74, 6) is 0.893. The summed E-state index contributed by atoms with van der Waals surface area (Å²) >= 11 is 0. The fourth-order valence-corrected chi connectivity index (χ4v) is 10.2. The third kappa shape index (κ3) is 6.56. The van der Waals surface area contributed by atoms with Crippen LogP contribution in [0.25, 0.3) is 0 Å². The standard InChI is InChI=1S/C40H37NOP/c1-6-19-34(20-7-1)41(35-21-8-2-9-22-35)36-23-18-24-37(33-36)42-31-16-17-32-43(38-25-10-3-11-26-38,39-27-12-4-13-28-39)40-29-14-5-15-30-40/h1-15,18-30,33H,16-17,31-32H2/q+1. The molecular formula is C40H37NOP+. The molecule has 0 aliphatic heterocycles. The van der Waals surface area contributed by atoms with Crippen LogP contribution >= 0.6 is 7.26 Å². The van der Waals surface area contributed by atoms with Crippen LogP contribution in [0.5, 0.6) is 5.75 Å². The highest BCUT2D eigenvalue weighted by molar-refractivity contribution is 7.95. The molecule has 0 aliphatic rings. The Hall–Kier alpha value is -4.65. The Morgan fingerprint density at radius 3 is 1.30 bits per heavy atom.